The smallest absolute Gasteiger partial charge is 0.238 e. The van der Waals surface area contributed by atoms with Gasteiger partial charge in [-0.1, -0.05) is 12.1 Å². The molecule has 1 aliphatic rings. The Kier molecular flexibility index (Phi) is 6.18. The van der Waals surface area contributed by atoms with E-state index in [-0.39, 0.29) is 5.91 Å². The molecule has 1 saturated heterocycles. The Bertz CT molecular complexity index is 1010. The van der Waals surface area contributed by atoms with Crippen molar-refractivity contribution in [2.45, 2.75) is 19.4 Å². The third-order valence-electron chi connectivity index (χ3n) is 5.74. The van der Waals surface area contributed by atoms with Crippen LogP contribution in [-0.4, -0.2) is 54.2 Å². The number of anilines is 1. The monoisotopic (exact) mass is 408 g/mol. The van der Waals surface area contributed by atoms with E-state index in [1.165, 1.54) is 5.52 Å². The van der Waals surface area contributed by atoms with Crippen LogP contribution in [0.5, 0.6) is 11.5 Å². The molecule has 0 unspecified atom stereocenters. The van der Waals surface area contributed by atoms with Gasteiger partial charge in [0, 0.05) is 12.6 Å². The van der Waals surface area contributed by atoms with Crippen molar-refractivity contribution in [1.29, 1.82) is 0 Å². The zero-order valence-corrected chi connectivity index (χ0v) is 17.5. The highest BCUT2D eigenvalue weighted by Crippen LogP contribution is 2.29. The average molecular weight is 409 g/mol. The second-order valence-electron chi connectivity index (χ2n) is 7.72. The van der Waals surface area contributed by atoms with Gasteiger partial charge < -0.3 is 19.4 Å². The molecule has 0 aliphatic carbocycles. The number of para-hydroxylation sites is 2. The molecule has 4 rings (SSSR count). The van der Waals surface area contributed by atoms with Gasteiger partial charge in [-0.3, -0.25) is 9.69 Å². The van der Waals surface area contributed by atoms with Crippen molar-refractivity contribution in [2.75, 3.05) is 39.2 Å². The number of benzene rings is 2. The molecule has 1 amide bonds. The van der Waals surface area contributed by atoms with Crippen molar-refractivity contribution in [3.63, 3.8) is 0 Å². The van der Waals surface area contributed by atoms with Gasteiger partial charge in [-0.05, 0) is 56.1 Å². The van der Waals surface area contributed by atoms with Crippen LogP contribution in [-0.2, 0) is 11.3 Å². The van der Waals surface area contributed by atoms with Gasteiger partial charge in [0.25, 0.3) is 0 Å². The molecule has 7 heteroatoms. The fourth-order valence-corrected chi connectivity index (χ4v) is 4.06. The van der Waals surface area contributed by atoms with Crippen LogP contribution < -0.4 is 14.8 Å². The van der Waals surface area contributed by atoms with E-state index in [0.717, 1.165) is 38.0 Å². The number of carbonyl (C=O) groups is 1. The van der Waals surface area contributed by atoms with E-state index in [4.69, 9.17) is 9.47 Å². The lowest BCUT2D eigenvalue weighted by molar-refractivity contribution is -0.117. The lowest BCUT2D eigenvalue weighted by atomic mass is 9.96. The van der Waals surface area contributed by atoms with Crippen LogP contribution in [0.15, 0.2) is 48.8 Å². The fourth-order valence-electron chi connectivity index (χ4n) is 4.06. The highest BCUT2D eigenvalue weighted by Gasteiger charge is 2.22. The molecule has 1 aliphatic heterocycles. The number of nitrogens with one attached hydrogen (secondary N) is 1. The number of amides is 1. The number of carbonyl (C=O) groups excluding carboxylic acids is 1. The zero-order chi connectivity index (χ0) is 20.9. The number of hydrogen-bond acceptors (Lipinski definition) is 5. The molecule has 3 aromatic rings. The first kappa shape index (κ1) is 20.2. The molecule has 0 atom stereocenters. The van der Waals surface area contributed by atoms with Crippen molar-refractivity contribution in [2.24, 2.45) is 5.92 Å². The highest BCUT2D eigenvalue weighted by molar-refractivity contribution is 5.93. The van der Waals surface area contributed by atoms with Crippen molar-refractivity contribution < 1.29 is 14.3 Å². The molecular weight excluding hydrogens is 380 g/mol. The van der Waals surface area contributed by atoms with Crippen LogP contribution in [0.25, 0.3) is 11.0 Å². The number of hydrogen-bond donors (Lipinski definition) is 1. The average Bonchev–Trinajstić information content (AvgIpc) is 3.18. The van der Waals surface area contributed by atoms with Gasteiger partial charge in [0.1, 0.15) is 11.5 Å². The number of likely N-dealkylation sites (tertiary alicyclic amines) is 1. The molecule has 30 heavy (non-hydrogen) atoms. The number of piperidine rings is 1. The summed E-state index contributed by atoms with van der Waals surface area (Å²) in [6.07, 6.45) is 4.09. The molecule has 2 aromatic carbocycles. The van der Waals surface area contributed by atoms with Gasteiger partial charge in [-0.25, -0.2) is 4.98 Å². The Morgan fingerprint density at radius 1 is 1.13 bits per heavy atom. The lowest BCUT2D eigenvalue weighted by Crippen LogP contribution is -2.40. The largest absolute Gasteiger partial charge is 0.497 e. The summed E-state index contributed by atoms with van der Waals surface area (Å²) < 4.78 is 12.8. The predicted molar refractivity (Wildman–Crippen MR) is 117 cm³/mol. The summed E-state index contributed by atoms with van der Waals surface area (Å²) in [7, 11) is 3.19. The molecule has 0 bridgehead atoms. The van der Waals surface area contributed by atoms with Gasteiger partial charge in [0.15, 0.2) is 0 Å². The van der Waals surface area contributed by atoms with Crippen molar-refractivity contribution >= 4 is 22.6 Å². The van der Waals surface area contributed by atoms with E-state index in [1.807, 2.05) is 24.5 Å². The minimum atomic E-state index is -0.0301. The second kappa shape index (κ2) is 9.17. The van der Waals surface area contributed by atoms with Gasteiger partial charge >= 0.3 is 0 Å². The Balaban J connectivity index is 1.28. The summed E-state index contributed by atoms with van der Waals surface area (Å²) in [5.74, 6) is 1.85. The number of ether oxygens (including phenoxy) is 2. The Morgan fingerprint density at radius 3 is 2.70 bits per heavy atom. The van der Waals surface area contributed by atoms with Gasteiger partial charge in [0.05, 0.1) is 43.8 Å². The van der Waals surface area contributed by atoms with E-state index >= 15 is 0 Å². The normalized spacial score (nSPS) is 15.3. The number of nitrogens with zero attached hydrogens (tertiary/aromatic N) is 3. The summed E-state index contributed by atoms with van der Waals surface area (Å²) in [6.45, 7) is 3.20. The molecular formula is C23H28N4O3. The van der Waals surface area contributed by atoms with Gasteiger partial charge in [-0.2, -0.15) is 0 Å². The number of methoxy groups -OCH3 is 2. The number of aromatic nitrogens is 2. The van der Waals surface area contributed by atoms with E-state index in [1.54, 1.807) is 26.4 Å². The van der Waals surface area contributed by atoms with Crippen molar-refractivity contribution in [3.8, 4) is 11.5 Å². The first-order chi connectivity index (χ1) is 14.7. The maximum Gasteiger partial charge on any atom is 0.238 e. The molecule has 1 aromatic heterocycles. The molecule has 7 nitrogen and oxygen atoms in total. The van der Waals surface area contributed by atoms with Crippen molar-refractivity contribution in [1.82, 2.24) is 14.5 Å². The summed E-state index contributed by atoms with van der Waals surface area (Å²) in [6, 6.07) is 13.6. The number of fused-ring (bicyclic) bond motifs is 1. The van der Waals surface area contributed by atoms with E-state index < -0.39 is 0 Å². The maximum atomic E-state index is 12.5. The Hall–Kier alpha value is -3.06. The van der Waals surface area contributed by atoms with Crippen LogP contribution in [0.1, 0.15) is 12.8 Å². The van der Waals surface area contributed by atoms with E-state index in [2.05, 4.69) is 31.9 Å². The number of rotatable bonds is 7. The quantitative estimate of drug-likeness (QED) is 0.649. The minimum absolute atomic E-state index is 0.0301. The van der Waals surface area contributed by atoms with E-state index in [0.29, 0.717) is 29.6 Å². The van der Waals surface area contributed by atoms with Gasteiger partial charge in [-0.15, -0.1) is 0 Å². The summed E-state index contributed by atoms with van der Waals surface area (Å²) in [4.78, 5) is 19.2. The predicted octanol–water partition coefficient (Wildman–Crippen LogP) is 3.40. The molecule has 2 heterocycles. The van der Waals surface area contributed by atoms with Gasteiger partial charge in [0.2, 0.25) is 5.91 Å². The van der Waals surface area contributed by atoms with Crippen LogP contribution >= 0.6 is 0 Å². The SMILES string of the molecule is COc1ccc(NC(=O)CN2CCC(Cn3cnc4ccccc43)CC2)c(OC)c1. The summed E-state index contributed by atoms with van der Waals surface area (Å²) in [5, 5.41) is 2.95. The second-order valence-corrected chi connectivity index (χ2v) is 7.72. The van der Waals surface area contributed by atoms with Crippen molar-refractivity contribution in [3.05, 3.63) is 48.8 Å². The minimum Gasteiger partial charge on any atom is -0.497 e. The molecule has 158 valence electrons. The van der Waals surface area contributed by atoms with Crippen LogP contribution in [0.3, 0.4) is 0 Å². The molecule has 1 fully saturated rings. The highest BCUT2D eigenvalue weighted by atomic mass is 16.5. The summed E-state index contributed by atoms with van der Waals surface area (Å²) in [5.41, 5.74) is 2.89. The summed E-state index contributed by atoms with van der Waals surface area (Å²) >= 11 is 0. The number of imidazole rings is 1. The molecule has 0 saturated carbocycles. The molecule has 1 N–H and O–H groups in total. The topological polar surface area (TPSA) is 68.6 Å². The fraction of sp³-hybridized carbons (Fsp3) is 0.391. The van der Waals surface area contributed by atoms with E-state index in [9.17, 15) is 4.79 Å². The third-order valence-corrected chi connectivity index (χ3v) is 5.74. The zero-order valence-electron chi connectivity index (χ0n) is 17.5. The third kappa shape index (κ3) is 4.57. The van der Waals surface area contributed by atoms with Crippen LogP contribution in [0, 0.1) is 5.92 Å². The molecule has 0 radical (unpaired) electrons. The Labute approximate surface area is 176 Å². The lowest BCUT2D eigenvalue weighted by Gasteiger charge is -2.31. The molecule has 0 spiro atoms. The first-order valence-corrected chi connectivity index (χ1v) is 10.3. The maximum absolute atomic E-state index is 12.5. The first-order valence-electron chi connectivity index (χ1n) is 10.3. The standard InChI is InChI=1S/C23H28N4O3/c1-29-18-7-8-20(22(13-18)30-2)25-23(28)15-26-11-9-17(10-12-26)14-27-16-24-19-5-3-4-6-21(19)27/h3-8,13,16-17H,9-12,14-15H2,1-2H3,(H,25,28). The van der Waals surface area contributed by atoms with Crippen LogP contribution in [0.4, 0.5) is 5.69 Å². The Morgan fingerprint density at radius 2 is 1.93 bits per heavy atom. The van der Waals surface area contributed by atoms with Crippen LogP contribution in [0.2, 0.25) is 0 Å².